The van der Waals surface area contributed by atoms with Crippen LogP contribution in [-0.4, -0.2) is 16.8 Å². The number of halogens is 3. The Kier molecular flexibility index (Phi) is 6.01. The number of hydrogen-bond donors (Lipinski definition) is 2. The molecular formula is C23H16F3N3O3S. The number of nitrogens with zero attached hydrogens (tertiary/aromatic N) is 1. The fourth-order valence-electron chi connectivity index (χ4n) is 2.96. The number of nitrogens with one attached hydrogen (secondary N) is 2. The molecule has 10 heteroatoms. The molecule has 0 radical (unpaired) electrons. The van der Waals surface area contributed by atoms with Crippen molar-refractivity contribution in [3.05, 3.63) is 88.8 Å². The van der Waals surface area contributed by atoms with E-state index in [2.05, 4.69) is 15.6 Å². The average molecular weight is 471 g/mol. The quantitative estimate of drug-likeness (QED) is 0.361. The molecule has 0 aliphatic heterocycles. The molecule has 2 amide bonds. The van der Waals surface area contributed by atoms with Crippen LogP contribution in [0.15, 0.2) is 71.3 Å². The molecule has 0 aliphatic rings. The first kappa shape index (κ1) is 22.3. The van der Waals surface area contributed by atoms with Gasteiger partial charge in [-0.1, -0.05) is 12.1 Å². The van der Waals surface area contributed by atoms with Gasteiger partial charge < -0.3 is 15.1 Å². The number of alkyl halides is 3. The Morgan fingerprint density at radius 1 is 0.909 bits per heavy atom. The van der Waals surface area contributed by atoms with E-state index in [4.69, 9.17) is 4.42 Å². The van der Waals surface area contributed by atoms with Gasteiger partial charge in [0.1, 0.15) is 9.88 Å². The van der Waals surface area contributed by atoms with Gasteiger partial charge in [-0.25, -0.2) is 4.98 Å². The van der Waals surface area contributed by atoms with Crippen LogP contribution in [0.5, 0.6) is 0 Å². The van der Waals surface area contributed by atoms with Crippen molar-refractivity contribution < 1.29 is 27.2 Å². The summed E-state index contributed by atoms with van der Waals surface area (Å²) in [7, 11) is 0. The van der Waals surface area contributed by atoms with E-state index in [0.29, 0.717) is 32.5 Å². The third kappa shape index (κ3) is 5.12. The second-order valence-corrected chi connectivity index (χ2v) is 7.97. The fourth-order valence-corrected chi connectivity index (χ4v) is 3.92. The summed E-state index contributed by atoms with van der Waals surface area (Å²) in [5.41, 5.74) is 1.23. The highest BCUT2D eigenvalue weighted by Crippen LogP contribution is 2.33. The Balaban J connectivity index is 1.43. The molecule has 0 spiro atoms. The molecular weight excluding hydrogens is 455 g/mol. The Hall–Kier alpha value is -3.92. The van der Waals surface area contributed by atoms with Crippen LogP contribution in [0.2, 0.25) is 0 Å². The average Bonchev–Trinajstić information content (AvgIpc) is 3.45. The molecule has 6 nitrogen and oxygen atoms in total. The number of aromatic nitrogens is 1. The van der Waals surface area contributed by atoms with Crippen LogP contribution in [0.1, 0.15) is 31.5 Å². The molecule has 33 heavy (non-hydrogen) atoms. The van der Waals surface area contributed by atoms with E-state index in [9.17, 15) is 22.8 Å². The van der Waals surface area contributed by atoms with Crippen molar-refractivity contribution in [3.8, 4) is 10.6 Å². The maximum atomic E-state index is 12.8. The lowest BCUT2D eigenvalue weighted by Crippen LogP contribution is -2.12. The normalized spacial score (nSPS) is 11.3. The largest absolute Gasteiger partial charge is 0.459 e. The van der Waals surface area contributed by atoms with Gasteiger partial charge in [0, 0.05) is 16.9 Å². The lowest BCUT2D eigenvalue weighted by molar-refractivity contribution is -0.137. The van der Waals surface area contributed by atoms with Crippen LogP contribution in [0, 0.1) is 6.92 Å². The van der Waals surface area contributed by atoms with E-state index in [0.717, 1.165) is 23.5 Å². The van der Waals surface area contributed by atoms with E-state index in [1.807, 2.05) is 0 Å². The monoisotopic (exact) mass is 471 g/mol. The second kappa shape index (κ2) is 8.91. The minimum absolute atomic E-state index is 0.178. The summed E-state index contributed by atoms with van der Waals surface area (Å²) >= 11 is 1.09. The van der Waals surface area contributed by atoms with Crippen molar-refractivity contribution in [2.75, 3.05) is 10.6 Å². The highest BCUT2D eigenvalue weighted by atomic mass is 32.1. The molecule has 2 aromatic heterocycles. The molecule has 0 atom stereocenters. The molecule has 0 bridgehead atoms. The van der Waals surface area contributed by atoms with Crippen LogP contribution in [0.3, 0.4) is 0 Å². The number of carbonyl (C=O) groups is 2. The molecule has 0 fully saturated rings. The molecule has 2 aromatic carbocycles. The summed E-state index contributed by atoms with van der Waals surface area (Å²) in [5, 5.41) is 5.88. The number of anilines is 2. The first-order valence-electron chi connectivity index (χ1n) is 9.62. The van der Waals surface area contributed by atoms with Crippen LogP contribution in [0.4, 0.5) is 24.5 Å². The molecule has 0 unspecified atom stereocenters. The van der Waals surface area contributed by atoms with Crippen molar-refractivity contribution in [3.63, 3.8) is 0 Å². The van der Waals surface area contributed by atoms with Crippen molar-refractivity contribution in [1.29, 1.82) is 0 Å². The lowest BCUT2D eigenvalue weighted by atomic mass is 10.1. The maximum absolute atomic E-state index is 12.8. The summed E-state index contributed by atoms with van der Waals surface area (Å²) < 4.78 is 43.3. The van der Waals surface area contributed by atoms with Crippen LogP contribution >= 0.6 is 11.3 Å². The number of aryl methyl sites for hydroxylation is 1. The zero-order valence-corrected chi connectivity index (χ0v) is 17.9. The van der Waals surface area contributed by atoms with Gasteiger partial charge in [-0.15, -0.1) is 11.3 Å². The van der Waals surface area contributed by atoms with Crippen molar-refractivity contribution in [1.82, 2.24) is 4.98 Å². The minimum atomic E-state index is -4.42. The van der Waals surface area contributed by atoms with Crippen LogP contribution in [0.25, 0.3) is 10.6 Å². The molecule has 2 heterocycles. The summed E-state index contributed by atoms with van der Waals surface area (Å²) in [6, 6.07) is 14.3. The molecule has 168 valence electrons. The summed E-state index contributed by atoms with van der Waals surface area (Å²) in [5.74, 6) is -0.611. The van der Waals surface area contributed by atoms with Gasteiger partial charge in [0.15, 0.2) is 5.76 Å². The zero-order valence-electron chi connectivity index (χ0n) is 17.1. The van der Waals surface area contributed by atoms with Gasteiger partial charge in [-0.3, -0.25) is 9.59 Å². The minimum Gasteiger partial charge on any atom is -0.459 e. The number of thiazole rings is 1. The molecule has 0 aliphatic carbocycles. The van der Waals surface area contributed by atoms with E-state index in [1.54, 1.807) is 43.3 Å². The first-order valence-corrected chi connectivity index (χ1v) is 10.4. The predicted molar refractivity (Wildman–Crippen MR) is 118 cm³/mol. The van der Waals surface area contributed by atoms with Gasteiger partial charge in [-0.2, -0.15) is 13.2 Å². The van der Waals surface area contributed by atoms with Gasteiger partial charge in [-0.05, 0) is 55.5 Å². The number of amides is 2. The van der Waals surface area contributed by atoms with Crippen molar-refractivity contribution in [2.45, 2.75) is 13.1 Å². The highest BCUT2D eigenvalue weighted by Gasteiger charge is 2.30. The van der Waals surface area contributed by atoms with Gasteiger partial charge in [0.05, 0.1) is 17.5 Å². The van der Waals surface area contributed by atoms with Crippen molar-refractivity contribution >= 4 is 34.5 Å². The van der Waals surface area contributed by atoms with Crippen molar-refractivity contribution in [2.24, 2.45) is 0 Å². The Labute approximate surface area is 190 Å². The lowest BCUT2D eigenvalue weighted by Gasteiger charge is -2.07. The summed E-state index contributed by atoms with van der Waals surface area (Å²) in [6.07, 6.45) is -3.02. The number of benzene rings is 2. The molecule has 4 aromatic rings. The van der Waals surface area contributed by atoms with E-state index >= 15 is 0 Å². The highest BCUT2D eigenvalue weighted by molar-refractivity contribution is 7.17. The SMILES string of the molecule is Cc1nc(-c2ccc(C(F)(F)F)cc2)sc1C(=O)Nc1ccc(NC(=O)c2ccco2)cc1. The Morgan fingerprint density at radius 3 is 2.06 bits per heavy atom. The zero-order chi connectivity index (χ0) is 23.6. The standard InChI is InChI=1S/C23H16F3N3O3S/c1-13-19(33-22(27-13)14-4-6-15(7-5-14)23(24,25)26)21(31)29-17-10-8-16(9-11-17)28-20(30)18-3-2-12-32-18/h2-12H,1H3,(H,28,30)(H,29,31). The van der Waals surface area contributed by atoms with Crippen LogP contribution < -0.4 is 10.6 Å². The molecule has 0 saturated heterocycles. The van der Waals surface area contributed by atoms with Gasteiger partial charge >= 0.3 is 6.18 Å². The second-order valence-electron chi connectivity index (χ2n) is 6.97. The predicted octanol–water partition coefficient (Wildman–Crippen LogP) is 6.23. The maximum Gasteiger partial charge on any atom is 0.416 e. The van der Waals surface area contributed by atoms with E-state index in [-0.39, 0.29) is 5.76 Å². The number of carbonyl (C=O) groups excluding carboxylic acids is 2. The molecule has 2 N–H and O–H groups in total. The Morgan fingerprint density at radius 2 is 1.52 bits per heavy atom. The van der Waals surface area contributed by atoms with E-state index < -0.39 is 23.6 Å². The third-order valence-electron chi connectivity index (χ3n) is 4.61. The number of furan rings is 1. The molecule has 4 rings (SSSR count). The topological polar surface area (TPSA) is 84.2 Å². The van der Waals surface area contributed by atoms with Gasteiger partial charge in [0.2, 0.25) is 0 Å². The van der Waals surface area contributed by atoms with Crippen LogP contribution in [-0.2, 0) is 6.18 Å². The smallest absolute Gasteiger partial charge is 0.416 e. The summed E-state index contributed by atoms with van der Waals surface area (Å²) in [4.78, 5) is 29.4. The number of hydrogen-bond acceptors (Lipinski definition) is 5. The Bertz CT molecular complexity index is 1280. The van der Waals surface area contributed by atoms with Gasteiger partial charge in [0.25, 0.3) is 11.8 Å². The van der Waals surface area contributed by atoms with E-state index in [1.165, 1.54) is 18.4 Å². The first-order chi connectivity index (χ1) is 15.7. The molecule has 0 saturated carbocycles. The number of rotatable bonds is 5. The fraction of sp³-hybridized carbons (Fsp3) is 0.0870. The summed E-state index contributed by atoms with van der Waals surface area (Å²) in [6.45, 7) is 1.66. The third-order valence-corrected chi connectivity index (χ3v) is 5.81.